The Morgan fingerprint density at radius 3 is 2.71 bits per heavy atom. The first-order valence-electron chi connectivity index (χ1n) is 7.56. The molecule has 0 amide bonds. The second kappa shape index (κ2) is 7.53. The Kier molecular flexibility index (Phi) is 5.40. The van der Waals surface area contributed by atoms with E-state index >= 15 is 0 Å². The van der Waals surface area contributed by atoms with Crippen LogP contribution in [0, 0.1) is 3.57 Å². The summed E-state index contributed by atoms with van der Waals surface area (Å²) < 4.78 is 2.80. The molecule has 0 aliphatic carbocycles. The van der Waals surface area contributed by atoms with Crippen molar-refractivity contribution in [2.45, 2.75) is 18.6 Å². The van der Waals surface area contributed by atoms with Crippen LogP contribution in [0.4, 0.5) is 0 Å². The summed E-state index contributed by atoms with van der Waals surface area (Å²) >= 11 is 3.78. The topological polar surface area (TPSA) is 34.9 Å². The molecule has 24 heavy (non-hydrogen) atoms. The monoisotopic (exact) mass is 448 g/mol. The van der Waals surface area contributed by atoms with Gasteiger partial charge in [0.1, 0.15) is 0 Å². The van der Waals surface area contributed by atoms with Crippen molar-refractivity contribution in [3.05, 3.63) is 80.2 Å². The number of thioether (sulfide) groups is 1. The van der Waals surface area contributed by atoms with Crippen LogP contribution in [-0.4, -0.2) is 15.3 Å². The van der Waals surface area contributed by atoms with Gasteiger partial charge in [-0.3, -0.25) is 9.36 Å². The minimum absolute atomic E-state index is 0.00610. The fourth-order valence-electron chi connectivity index (χ4n) is 2.38. The van der Waals surface area contributed by atoms with E-state index in [1.807, 2.05) is 55.5 Å². The van der Waals surface area contributed by atoms with Gasteiger partial charge in [0.25, 0.3) is 5.56 Å². The van der Waals surface area contributed by atoms with Crippen molar-refractivity contribution >= 4 is 45.3 Å². The third-order valence-corrected chi connectivity index (χ3v) is 5.39. The first-order chi connectivity index (χ1) is 11.5. The van der Waals surface area contributed by atoms with E-state index in [2.05, 4.69) is 29.2 Å². The zero-order chi connectivity index (χ0) is 17.1. The summed E-state index contributed by atoms with van der Waals surface area (Å²) in [6.45, 7) is 6.45. The van der Waals surface area contributed by atoms with Gasteiger partial charge in [-0.2, -0.15) is 0 Å². The van der Waals surface area contributed by atoms with Gasteiger partial charge in [0.2, 0.25) is 0 Å². The molecule has 3 rings (SSSR count). The summed E-state index contributed by atoms with van der Waals surface area (Å²) in [6, 6.07) is 15.8. The third kappa shape index (κ3) is 3.89. The Bertz CT molecular complexity index is 951. The molecule has 122 valence electrons. The summed E-state index contributed by atoms with van der Waals surface area (Å²) in [5, 5.41) is 1.40. The molecular weight excluding hydrogens is 431 g/mol. The van der Waals surface area contributed by atoms with Crippen molar-refractivity contribution in [2.24, 2.45) is 0 Å². The summed E-state index contributed by atoms with van der Waals surface area (Å²) in [5.74, 6) is 0.747. The molecule has 1 aromatic heterocycles. The Morgan fingerprint density at radius 1 is 1.25 bits per heavy atom. The van der Waals surface area contributed by atoms with E-state index in [4.69, 9.17) is 4.98 Å². The SMILES string of the molecule is C=C(C)CSc1nc2ccc(I)cc2c(=O)n1Cc1ccccc1. The lowest BCUT2D eigenvalue weighted by molar-refractivity contribution is 0.658. The van der Waals surface area contributed by atoms with Crippen LogP contribution in [-0.2, 0) is 6.54 Å². The van der Waals surface area contributed by atoms with Gasteiger partial charge in [-0.15, -0.1) is 0 Å². The van der Waals surface area contributed by atoms with Crippen LogP contribution < -0.4 is 5.56 Å². The number of nitrogens with zero attached hydrogens (tertiary/aromatic N) is 2. The molecule has 0 N–H and O–H groups in total. The number of hydrogen-bond donors (Lipinski definition) is 0. The molecule has 0 fully saturated rings. The quantitative estimate of drug-likeness (QED) is 0.245. The van der Waals surface area contributed by atoms with Crippen molar-refractivity contribution in [3.63, 3.8) is 0 Å². The lowest BCUT2D eigenvalue weighted by Crippen LogP contribution is -2.24. The van der Waals surface area contributed by atoms with Gasteiger partial charge < -0.3 is 0 Å². The number of hydrogen-bond acceptors (Lipinski definition) is 3. The number of fused-ring (bicyclic) bond motifs is 1. The van der Waals surface area contributed by atoms with Gasteiger partial charge in [-0.25, -0.2) is 4.98 Å². The van der Waals surface area contributed by atoms with E-state index in [1.165, 1.54) is 0 Å². The third-order valence-electron chi connectivity index (χ3n) is 3.51. The molecule has 0 bridgehead atoms. The fraction of sp³-hybridized carbons (Fsp3) is 0.158. The average molecular weight is 448 g/mol. The zero-order valence-corrected chi connectivity index (χ0v) is 16.3. The highest BCUT2D eigenvalue weighted by Crippen LogP contribution is 2.21. The van der Waals surface area contributed by atoms with E-state index in [9.17, 15) is 4.79 Å². The van der Waals surface area contributed by atoms with Crippen LogP contribution in [0.25, 0.3) is 10.9 Å². The Labute approximate surface area is 159 Å². The van der Waals surface area contributed by atoms with Gasteiger partial charge in [0.15, 0.2) is 5.16 Å². The predicted octanol–water partition coefficient (Wildman–Crippen LogP) is 4.72. The van der Waals surface area contributed by atoms with Crippen molar-refractivity contribution in [1.29, 1.82) is 0 Å². The summed E-state index contributed by atoms with van der Waals surface area (Å²) in [4.78, 5) is 17.8. The normalized spacial score (nSPS) is 10.9. The molecule has 1 heterocycles. The maximum atomic E-state index is 13.0. The molecule has 3 aromatic rings. The molecule has 0 unspecified atom stereocenters. The molecule has 3 nitrogen and oxygen atoms in total. The standard InChI is InChI=1S/C19H17IN2OS/c1-13(2)12-24-19-21-17-9-8-15(20)10-16(17)18(23)22(19)11-14-6-4-3-5-7-14/h3-10H,1,11-12H2,2H3. The summed E-state index contributed by atoms with van der Waals surface area (Å²) in [7, 11) is 0. The Hall–Kier alpha value is -1.60. The molecule has 0 radical (unpaired) electrons. The number of rotatable bonds is 5. The highest BCUT2D eigenvalue weighted by atomic mass is 127. The van der Waals surface area contributed by atoms with Crippen LogP contribution in [0.5, 0.6) is 0 Å². The minimum atomic E-state index is 0.00610. The first-order valence-corrected chi connectivity index (χ1v) is 9.62. The Morgan fingerprint density at radius 2 is 2.00 bits per heavy atom. The van der Waals surface area contributed by atoms with Gasteiger partial charge in [0, 0.05) is 9.32 Å². The smallest absolute Gasteiger partial charge is 0.262 e. The van der Waals surface area contributed by atoms with Gasteiger partial charge >= 0.3 is 0 Å². The van der Waals surface area contributed by atoms with Crippen LogP contribution in [0.2, 0.25) is 0 Å². The molecular formula is C19H17IN2OS. The second-order valence-corrected chi connectivity index (χ2v) is 7.87. The number of benzene rings is 2. The van der Waals surface area contributed by atoms with Crippen LogP contribution in [0.15, 0.2) is 70.6 Å². The van der Waals surface area contributed by atoms with E-state index in [1.54, 1.807) is 16.3 Å². The van der Waals surface area contributed by atoms with Crippen molar-refractivity contribution < 1.29 is 0 Å². The number of halogens is 1. The molecule has 2 aromatic carbocycles. The van der Waals surface area contributed by atoms with Crippen LogP contribution >= 0.6 is 34.4 Å². The van der Waals surface area contributed by atoms with Gasteiger partial charge in [-0.1, -0.05) is 54.2 Å². The fourth-order valence-corrected chi connectivity index (χ4v) is 3.71. The second-order valence-electron chi connectivity index (χ2n) is 5.68. The van der Waals surface area contributed by atoms with Crippen molar-refractivity contribution in [1.82, 2.24) is 9.55 Å². The predicted molar refractivity (Wildman–Crippen MR) is 110 cm³/mol. The summed E-state index contributed by atoms with van der Waals surface area (Å²) in [5.41, 5.74) is 2.90. The van der Waals surface area contributed by atoms with Crippen molar-refractivity contribution in [2.75, 3.05) is 5.75 Å². The maximum absolute atomic E-state index is 13.0. The zero-order valence-electron chi connectivity index (χ0n) is 13.3. The van der Waals surface area contributed by atoms with Gasteiger partial charge in [0.05, 0.1) is 17.4 Å². The van der Waals surface area contributed by atoms with Crippen molar-refractivity contribution in [3.8, 4) is 0 Å². The Balaban J connectivity index is 2.14. The lowest BCUT2D eigenvalue weighted by atomic mass is 10.2. The maximum Gasteiger partial charge on any atom is 0.262 e. The molecule has 0 spiro atoms. The molecule has 0 atom stereocenters. The lowest BCUT2D eigenvalue weighted by Gasteiger charge is -2.13. The molecule has 0 saturated heterocycles. The minimum Gasteiger partial charge on any atom is -0.283 e. The summed E-state index contributed by atoms with van der Waals surface area (Å²) in [6.07, 6.45) is 0. The van der Waals surface area contributed by atoms with Gasteiger partial charge in [-0.05, 0) is 53.3 Å². The highest BCUT2D eigenvalue weighted by Gasteiger charge is 2.12. The van der Waals surface area contributed by atoms with E-state index in [0.29, 0.717) is 11.9 Å². The largest absolute Gasteiger partial charge is 0.283 e. The van der Waals surface area contributed by atoms with E-state index < -0.39 is 0 Å². The average Bonchev–Trinajstić information content (AvgIpc) is 2.57. The van der Waals surface area contributed by atoms with E-state index in [-0.39, 0.29) is 5.56 Å². The molecule has 5 heteroatoms. The molecule has 0 saturated carbocycles. The van der Waals surface area contributed by atoms with E-state index in [0.717, 1.165) is 31.1 Å². The van der Waals surface area contributed by atoms with Crippen LogP contribution in [0.1, 0.15) is 12.5 Å². The number of aromatic nitrogens is 2. The first kappa shape index (κ1) is 17.2. The van der Waals surface area contributed by atoms with Crippen LogP contribution in [0.3, 0.4) is 0 Å². The molecule has 0 aliphatic heterocycles. The molecule has 0 aliphatic rings. The highest BCUT2D eigenvalue weighted by molar-refractivity contribution is 14.1.